The number of methoxy groups -OCH3 is 1. The van der Waals surface area contributed by atoms with Crippen LogP contribution in [0.4, 0.5) is 4.79 Å². The molecule has 1 aromatic heterocycles. The number of carbonyl (C=O) groups is 1. The molecule has 6 heteroatoms. The fourth-order valence-corrected chi connectivity index (χ4v) is 2.63. The molecule has 0 aliphatic rings. The number of benzene rings is 1. The summed E-state index contributed by atoms with van der Waals surface area (Å²) in [6.45, 7) is 1.59. The molecule has 21 heavy (non-hydrogen) atoms. The molecular formula is C15H19N3O2S. The molecule has 2 N–H and O–H groups in total. The van der Waals surface area contributed by atoms with E-state index in [9.17, 15) is 4.79 Å². The van der Waals surface area contributed by atoms with Crippen LogP contribution in [0.3, 0.4) is 0 Å². The Labute approximate surface area is 128 Å². The average molecular weight is 305 g/mol. The summed E-state index contributed by atoms with van der Waals surface area (Å²) in [5.74, 6) is 0. The molecule has 0 atom stereocenters. The van der Waals surface area contributed by atoms with Crippen LogP contribution in [0.5, 0.6) is 0 Å². The number of urea groups is 1. The van der Waals surface area contributed by atoms with Gasteiger partial charge in [-0.3, -0.25) is 0 Å². The first-order chi connectivity index (χ1) is 10.3. The predicted molar refractivity (Wildman–Crippen MR) is 84.5 cm³/mol. The van der Waals surface area contributed by atoms with Crippen molar-refractivity contribution in [3.63, 3.8) is 0 Å². The smallest absolute Gasteiger partial charge is 0.314 e. The van der Waals surface area contributed by atoms with E-state index < -0.39 is 0 Å². The Balaban J connectivity index is 1.75. The van der Waals surface area contributed by atoms with Crippen molar-refractivity contribution < 1.29 is 9.53 Å². The number of hydrogen-bond donors (Lipinski definition) is 2. The van der Waals surface area contributed by atoms with Crippen molar-refractivity contribution >= 4 is 17.4 Å². The van der Waals surface area contributed by atoms with Crippen LogP contribution in [0.1, 0.15) is 5.69 Å². The quantitative estimate of drug-likeness (QED) is 0.772. The van der Waals surface area contributed by atoms with E-state index in [1.807, 2.05) is 35.7 Å². The molecule has 0 saturated heterocycles. The summed E-state index contributed by atoms with van der Waals surface area (Å²) in [6.07, 6.45) is 0.723. The van der Waals surface area contributed by atoms with Crippen LogP contribution in [-0.2, 0) is 11.2 Å². The Kier molecular flexibility index (Phi) is 6.18. The summed E-state index contributed by atoms with van der Waals surface area (Å²) in [5.41, 5.74) is 2.12. The number of amides is 2. The first kappa shape index (κ1) is 15.5. The van der Waals surface area contributed by atoms with Crippen LogP contribution >= 0.6 is 11.3 Å². The maximum atomic E-state index is 11.4. The standard InChI is InChI=1S/C15H19N3O2S/c1-20-10-9-17-15(19)16-8-7-13-11-21-14(18-13)12-5-3-2-4-6-12/h2-6,11H,7-10H2,1H3,(H2,16,17,19). The van der Waals surface area contributed by atoms with Crippen molar-refractivity contribution in [3.8, 4) is 10.6 Å². The third-order valence-electron chi connectivity index (χ3n) is 2.83. The van der Waals surface area contributed by atoms with Crippen LogP contribution in [0, 0.1) is 0 Å². The predicted octanol–water partition coefficient (Wildman–Crippen LogP) is 2.30. The number of thiazole rings is 1. The van der Waals surface area contributed by atoms with Gasteiger partial charge in [0.2, 0.25) is 0 Å². The molecule has 112 valence electrons. The summed E-state index contributed by atoms with van der Waals surface area (Å²) >= 11 is 1.62. The lowest BCUT2D eigenvalue weighted by molar-refractivity contribution is 0.196. The van der Waals surface area contributed by atoms with E-state index in [-0.39, 0.29) is 6.03 Å². The van der Waals surface area contributed by atoms with E-state index in [1.54, 1.807) is 18.4 Å². The number of carbonyl (C=O) groups excluding carboxylic acids is 1. The highest BCUT2D eigenvalue weighted by molar-refractivity contribution is 7.13. The van der Waals surface area contributed by atoms with Gasteiger partial charge in [-0.05, 0) is 0 Å². The van der Waals surface area contributed by atoms with Crippen LogP contribution in [-0.4, -0.2) is 37.8 Å². The first-order valence-corrected chi connectivity index (χ1v) is 7.68. The van der Waals surface area contributed by atoms with Crippen molar-refractivity contribution in [1.29, 1.82) is 0 Å². The van der Waals surface area contributed by atoms with Crippen molar-refractivity contribution in [2.45, 2.75) is 6.42 Å². The van der Waals surface area contributed by atoms with Crippen LogP contribution in [0.2, 0.25) is 0 Å². The molecule has 0 aliphatic carbocycles. The van der Waals surface area contributed by atoms with Crippen molar-refractivity contribution in [2.75, 3.05) is 26.8 Å². The summed E-state index contributed by atoms with van der Waals surface area (Å²) in [4.78, 5) is 16.0. The zero-order chi connectivity index (χ0) is 14.9. The first-order valence-electron chi connectivity index (χ1n) is 6.80. The summed E-state index contributed by atoms with van der Waals surface area (Å²) in [5, 5.41) is 8.55. The molecular weight excluding hydrogens is 286 g/mol. The molecule has 0 fully saturated rings. The molecule has 2 aromatic rings. The zero-order valence-corrected chi connectivity index (χ0v) is 12.8. The van der Waals surface area contributed by atoms with Crippen LogP contribution in [0.25, 0.3) is 10.6 Å². The number of ether oxygens (including phenoxy) is 1. The van der Waals surface area contributed by atoms with Gasteiger partial charge in [0.05, 0.1) is 12.3 Å². The van der Waals surface area contributed by atoms with Crippen molar-refractivity contribution in [3.05, 3.63) is 41.4 Å². The SMILES string of the molecule is COCCNC(=O)NCCc1csc(-c2ccccc2)n1. The lowest BCUT2D eigenvalue weighted by Gasteiger charge is -2.05. The van der Waals surface area contributed by atoms with Crippen LogP contribution in [0.15, 0.2) is 35.7 Å². The van der Waals surface area contributed by atoms with Crippen molar-refractivity contribution in [1.82, 2.24) is 15.6 Å². The fraction of sp³-hybridized carbons (Fsp3) is 0.333. The Hall–Kier alpha value is -1.92. The second-order valence-electron chi connectivity index (χ2n) is 4.44. The van der Waals surface area contributed by atoms with E-state index in [2.05, 4.69) is 15.6 Å². The highest BCUT2D eigenvalue weighted by atomic mass is 32.1. The van der Waals surface area contributed by atoms with Gasteiger partial charge in [0.15, 0.2) is 0 Å². The molecule has 2 amide bonds. The minimum atomic E-state index is -0.175. The van der Waals surface area contributed by atoms with Gasteiger partial charge >= 0.3 is 6.03 Å². The molecule has 2 rings (SSSR count). The highest BCUT2D eigenvalue weighted by Crippen LogP contribution is 2.23. The molecule has 1 aromatic carbocycles. The van der Waals surface area contributed by atoms with E-state index in [1.165, 1.54) is 0 Å². The van der Waals surface area contributed by atoms with Crippen LogP contribution < -0.4 is 10.6 Å². The average Bonchev–Trinajstić information content (AvgIpc) is 2.97. The number of hydrogen-bond acceptors (Lipinski definition) is 4. The highest BCUT2D eigenvalue weighted by Gasteiger charge is 2.05. The monoisotopic (exact) mass is 305 g/mol. The Morgan fingerprint density at radius 2 is 2.00 bits per heavy atom. The summed E-state index contributed by atoms with van der Waals surface area (Å²) in [7, 11) is 1.60. The van der Waals surface area contributed by atoms with E-state index in [4.69, 9.17) is 4.74 Å². The molecule has 0 radical (unpaired) electrons. The van der Waals surface area contributed by atoms with Gasteiger partial charge in [0.1, 0.15) is 5.01 Å². The molecule has 0 unspecified atom stereocenters. The van der Waals surface area contributed by atoms with Gasteiger partial charge < -0.3 is 15.4 Å². The molecule has 1 heterocycles. The van der Waals surface area contributed by atoms with E-state index in [0.29, 0.717) is 19.7 Å². The lowest BCUT2D eigenvalue weighted by Crippen LogP contribution is -2.38. The van der Waals surface area contributed by atoms with E-state index in [0.717, 1.165) is 22.7 Å². The molecule has 0 bridgehead atoms. The topological polar surface area (TPSA) is 63.2 Å². The third kappa shape index (κ3) is 5.17. The van der Waals surface area contributed by atoms with Gasteiger partial charge in [0, 0.05) is 37.6 Å². The Morgan fingerprint density at radius 3 is 2.76 bits per heavy atom. The molecule has 0 spiro atoms. The summed E-state index contributed by atoms with van der Waals surface area (Å²) < 4.78 is 4.86. The third-order valence-corrected chi connectivity index (χ3v) is 3.77. The van der Waals surface area contributed by atoms with Crippen molar-refractivity contribution in [2.24, 2.45) is 0 Å². The van der Waals surface area contributed by atoms with Gasteiger partial charge in [-0.25, -0.2) is 9.78 Å². The minimum absolute atomic E-state index is 0.175. The number of rotatable bonds is 7. The van der Waals surface area contributed by atoms with Gasteiger partial charge in [0.25, 0.3) is 0 Å². The van der Waals surface area contributed by atoms with Gasteiger partial charge in [-0.2, -0.15) is 0 Å². The largest absolute Gasteiger partial charge is 0.383 e. The molecule has 0 saturated carbocycles. The fourth-order valence-electron chi connectivity index (χ4n) is 1.77. The molecule has 5 nitrogen and oxygen atoms in total. The Bertz CT molecular complexity index is 557. The molecule has 0 aliphatic heterocycles. The number of aromatic nitrogens is 1. The summed E-state index contributed by atoms with van der Waals surface area (Å²) in [6, 6.07) is 9.91. The lowest BCUT2D eigenvalue weighted by atomic mass is 10.2. The second kappa shape index (κ2) is 8.39. The van der Waals surface area contributed by atoms with Gasteiger partial charge in [-0.1, -0.05) is 30.3 Å². The maximum Gasteiger partial charge on any atom is 0.314 e. The zero-order valence-electron chi connectivity index (χ0n) is 12.0. The minimum Gasteiger partial charge on any atom is -0.383 e. The Morgan fingerprint density at radius 1 is 1.24 bits per heavy atom. The van der Waals surface area contributed by atoms with Gasteiger partial charge in [-0.15, -0.1) is 11.3 Å². The number of nitrogens with one attached hydrogen (secondary N) is 2. The van der Waals surface area contributed by atoms with E-state index >= 15 is 0 Å². The normalized spacial score (nSPS) is 10.3. The second-order valence-corrected chi connectivity index (χ2v) is 5.29. The number of nitrogens with zero attached hydrogens (tertiary/aromatic N) is 1. The maximum absolute atomic E-state index is 11.4.